The lowest BCUT2D eigenvalue weighted by molar-refractivity contribution is -0.115. The van der Waals surface area contributed by atoms with E-state index in [0.29, 0.717) is 40.1 Å². The minimum Gasteiger partial charge on any atom is -0.457 e. The molecule has 2 heterocycles. The molecule has 156 valence electrons. The van der Waals surface area contributed by atoms with Gasteiger partial charge in [-0.05, 0) is 47.5 Å². The number of furan rings is 1. The topological polar surface area (TPSA) is 96.7 Å². The fourth-order valence-electron chi connectivity index (χ4n) is 2.98. The Balaban J connectivity index is 1.55. The van der Waals surface area contributed by atoms with Crippen molar-refractivity contribution in [3.63, 3.8) is 0 Å². The zero-order valence-electron chi connectivity index (χ0n) is 16.2. The van der Waals surface area contributed by atoms with Gasteiger partial charge in [0.05, 0.1) is 15.6 Å². The molecule has 0 saturated carbocycles. The van der Waals surface area contributed by atoms with E-state index >= 15 is 0 Å². The SMILES string of the molecule is O=C(NCCc1ccccc1)C(=Cc1ccc(-c2cccc(Cl)c2Cl)o1)c1nn[nH]n1. The minimum absolute atomic E-state index is 0.163. The Morgan fingerprint density at radius 1 is 1.06 bits per heavy atom. The van der Waals surface area contributed by atoms with Crippen molar-refractivity contribution in [3.05, 3.63) is 87.9 Å². The first-order chi connectivity index (χ1) is 15.1. The summed E-state index contributed by atoms with van der Waals surface area (Å²) in [5, 5.41) is 17.5. The summed E-state index contributed by atoms with van der Waals surface area (Å²) < 4.78 is 5.87. The molecular formula is C22H17Cl2N5O2. The molecule has 0 unspecified atom stereocenters. The van der Waals surface area contributed by atoms with Gasteiger partial charge in [0.2, 0.25) is 5.82 Å². The van der Waals surface area contributed by atoms with E-state index in [4.69, 9.17) is 27.6 Å². The quantitative estimate of drug-likeness (QED) is 0.396. The van der Waals surface area contributed by atoms with Gasteiger partial charge in [-0.25, -0.2) is 0 Å². The molecule has 0 spiro atoms. The molecule has 2 N–H and O–H groups in total. The molecule has 4 aromatic rings. The highest BCUT2D eigenvalue weighted by Gasteiger charge is 2.18. The second kappa shape index (κ2) is 9.59. The number of benzene rings is 2. The van der Waals surface area contributed by atoms with Crippen molar-refractivity contribution in [3.8, 4) is 11.3 Å². The normalized spacial score (nSPS) is 11.5. The van der Waals surface area contributed by atoms with E-state index in [9.17, 15) is 4.79 Å². The van der Waals surface area contributed by atoms with Crippen molar-refractivity contribution in [1.82, 2.24) is 25.9 Å². The fraction of sp³-hybridized carbons (Fsp3) is 0.0909. The number of carbonyl (C=O) groups is 1. The van der Waals surface area contributed by atoms with Crippen LogP contribution in [0.4, 0.5) is 0 Å². The van der Waals surface area contributed by atoms with E-state index in [1.54, 1.807) is 36.4 Å². The number of halogens is 2. The molecule has 1 amide bonds. The molecule has 2 aromatic heterocycles. The van der Waals surface area contributed by atoms with E-state index in [1.807, 2.05) is 30.3 Å². The molecule has 0 aliphatic heterocycles. The molecular weight excluding hydrogens is 437 g/mol. The number of amides is 1. The maximum atomic E-state index is 12.8. The maximum absolute atomic E-state index is 12.8. The number of H-pyrrole nitrogens is 1. The van der Waals surface area contributed by atoms with Gasteiger partial charge >= 0.3 is 0 Å². The number of tetrazole rings is 1. The second-order valence-corrected chi connectivity index (χ2v) is 7.37. The van der Waals surface area contributed by atoms with Crippen LogP contribution in [-0.4, -0.2) is 33.1 Å². The lowest BCUT2D eigenvalue weighted by Gasteiger charge is -2.06. The number of rotatable bonds is 7. The van der Waals surface area contributed by atoms with Crippen molar-refractivity contribution >= 4 is 40.8 Å². The highest BCUT2D eigenvalue weighted by Crippen LogP contribution is 2.34. The number of carbonyl (C=O) groups excluding carboxylic acids is 1. The lowest BCUT2D eigenvalue weighted by Crippen LogP contribution is -2.27. The minimum atomic E-state index is -0.337. The second-order valence-electron chi connectivity index (χ2n) is 6.59. The summed E-state index contributed by atoms with van der Waals surface area (Å²) in [5.41, 5.74) is 2.00. The zero-order chi connectivity index (χ0) is 21.6. The third-order valence-electron chi connectivity index (χ3n) is 4.50. The molecule has 7 nitrogen and oxygen atoms in total. The molecule has 0 aliphatic carbocycles. The van der Waals surface area contributed by atoms with Crippen molar-refractivity contribution in [2.75, 3.05) is 6.54 Å². The van der Waals surface area contributed by atoms with Crippen LogP contribution in [0.2, 0.25) is 10.0 Å². The summed E-state index contributed by atoms with van der Waals surface area (Å²) in [6.45, 7) is 0.458. The Hall–Kier alpha value is -3.42. The predicted octanol–water partition coefficient (Wildman–Crippen LogP) is 4.67. The Labute approximate surface area is 188 Å². The first kappa shape index (κ1) is 20.8. The van der Waals surface area contributed by atoms with Crippen LogP contribution in [0.25, 0.3) is 23.0 Å². The monoisotopic (exact) mass is 453 g/mol. The standard InChI is InChI=1S/C22H17Cl2N5O2/c23-18-8-4-7-16(20(18)24)19-10-9-15(31-19)13-17(21-26-28-29-27-21)22(30)25-12-11-14-5-2-1-3-6-14/h1-10,13H,11-12H2,(H,25,30)(H,26,27,28,29). The fourth-order valence-corrected chi connectivity index (χ4v) is 3.37. The van der Waals surface area contributed by atoms with Crippen LogP contribution in [0, 0.1) is 0 Å². The number of aromatic amines is 1. The Kier molecular flexibility index (Phi) is 6.45. The zero-order valence-corrected chi connectivity index (χ0v) is 17.7. The molecule has 0 atom stereocenters. The number of hydrogen-bond acceptors (Lipinski definition) is 5. The van der Waals surface area contributed by atoms with Crippen molar-refractivity contribution in [2.45, 2.75) is 6.42 Å². The predicted molar refractivity (Wildman–Crippen MR) is 119 cm³/mol. The number of nitrogens with zero attached hydrogens (tertiary/aromatic N) is 3. The van der Waals surface area contributed by atoms with Gasteiger partial charge < -0.3 is 9.73 Å². The van der Waals surface area contributed by atoms with Crippen LogP contribution in [0.15, 0.2) is 65.1 Å². The molecule has 0 bridgehead atoms. The summed E-state index contributed by atoms with van der Waals surface area (Å²) in [6, 6.07) is 18.7. The molecule has 0 fully saturated rings. The van der Waals surface area contributed by atoms with Gasteiger partial charge in [-0.2, -0.15) is 5.21 Å². The Morgan fingerprint density at radius 3 is 2.68 bits per heavy atom. The third-order valence-corrected chi connectivity index (χ3v) is 5.32. The molecule has 4 rings (SSSR count). The highest BCUT2D eigenvalue weighted by atomic mass is 35.5. The van der Waals surface area contributed by atoms with Gasteiger partial charge in [0.15, 0.2) is 0 Å². The highest BCUT2D eigenvalue weighted by molar-refractivity contribution is 6.43. The summed E-state index contributed by atoms with van der Waals surface area (Å²) in [5.74, 6) is 0.784. The Morgan fingerprint density at radius 2 is 1.90 bits per heavy atom. The Bertz CT molecular complexity index is 1200. The van der Waals surface area contributed by atoms with Crippen LogP contribution in [0.5, 0.6) is 0 Å². The van der Waals surface area contributed by atoms with E-state index in [1.165, 1.54) is 0 Å². The van der Waals surface area contributed by atoms with E-state index < -0.39 is 0 Å². The van der Waals surface area contributed by atoms with E-state index in [2.05, 4.69) is 25.9 Å². The van der Waals surface area contributed by atoms with Crippen molar-refractivity contribution in [2.24, 2.45) is 0 Å². The number of hydrogen-bond donors (Lipinski definition) is 2. The molecule has 2 aromatic carbocycles. The maximum Gasteiger partial charge on any atom is 0.255 e. The van der Waals surface area contributed by atoms with E-state index in [0.717, 1.165) is 5.56 Å². The van der Waals surface area contributed by atoms with Crippen LogP contribution in [0.3, 0.4) is 0 Å². The van der Waals surface area contributed by atoms with Gasteiger partial charge in [0.1, 0.15) is 11.5 Å². The summed E-state index contributed by atoms with van der Waals surface area (Å²) in [4.78, 5) is 12.8. The smallest absolute Gasteiger partial charge is 0.255 e. The summed E-state index contributed by atoms with van der Waals surface area (Å²) in [7, 11) is 0. The lowest BCUT2D eigenvalue weighted by atomic mass is 10.1. The van der Waals surface area contributed by atoms with Crippen LogP contribution in [0.1, 0.15) is 17.1 Å². The van der Waals surface area contributed by atoms with Crippen molar-refractivity contribution < 1.29 is 9.21 Å². The van der Waals surface area contributed by atoms with Gasteiger partial charge in [0.25, 0.3) is 5.91 Å². The number of aromatic nitrogens is 4. The number of nitrogens with one attached hydrogen (secondary N) is 2. The molecule has 0 aliphatic rings. The summed E-state index contributed by atoms with van der Waals surface area (Å²) in [6.07, 6.45) is 2.26. The van der Waals surface area contributed by atoms with Gasteiger partial charge in [-0.15, -0.1) is 10.2 Å². The van der Waals surface area contributed by atoms with Gasteiger partial charge in [0, 0.05) is 12.1 Å². The largest absolute Gasteiger partial charge is 0.457 e. The van der Waals surface area contributed by atoms with Crippen LogP contribution < -0.4 is 5.32 Å². The van der Waals surface area contributed by atoms with Gasteiger partial charge in [-0.3, -0.25) is 4.79 Å². The molecule has 31 heavy (non-hydrogen) atoms. The van der Waals surface area contributed by atoms with Crippen LogP contribution in [-0.2, 0) is 11.2 Å². The molecule has 0 radical (unpaired) electrons. The summed E-state index contributed by atoms with van der Waals surface area (Å²) >= 11 is 12.4. The molecule has 9 heteroatoms. The van der Waals surface area contributed by atoms with Crippen LogP contribution >= 0.6 is 23.2 Å². The van der Waals surface area contributed by atoms with Crippen molar-refractivity contribution in [1.29, 1.82) is 0 Å². The first-order valence-electron chi connectivity index (χ1n) is 9.43. The average molecular weight is 454 g/mol. The third kappa shape index (κ3) is 5.02. The molecule has 0 saturated heterocycles. The average Bonchev–Trinajstić information content (AvgIpc) is 3.47. The first-order valence-corrected chi connectivity index (χ1v) is 10.2. The van der Waals surface area contributed by atoms with Gasteiger partial charge in [-0.1, -0.05) is 59.6 Å². The van der Waals surface area contributed by atoms with E-state index in [-0.39, 0.29) is 17.3 Å².